The fourth-order valence-corrected chi connectivity index (χ4v) is 5.17. The molecular formula is C28H34N2O5. The number of carboxylic acids is 1. The van der Waals surface area contributed by atoms with Crippen LogP contribution in [0.25, 0.3) is 11.1 Å². The molecule has 0 aromatic heterocycles. The van der Waals surface area contributed by atoms with Crippen molar-refractivity contribution < 1.29 is 24.2 Å². The van der Waals surface area contributed by atoms with E-state index in [9.17, 15) is 19.5 Å². The molecule has 1 aliphatic carbocycles. The Bertz CT molecular complexity index is 1050. The molecule has 1 saturated heterocycles. The van der Waals surface area contributed by atoms with Crippen LogP contribution in [0.1, 0.15) is 44.2 Å². The molecule has 1 fully saturated rings. The Labute approximate surface area is 206 Å². The lowest BCUT2D eigenvalue weighted by molar-refractivity contribution is -0.152. The van der Waals surface area contributed by atoms with E-state index in [2.05, 4.69) is 29.6 Å². The summed E-state index contributed by atoms with van der Waals surface area (Å²) in [4.78, 5) is 38.5. The van der Waals surface area contributed by atoms with Crippen LogP contribution in [0.15, 0.2) is 48.5 Å². The molecule has 7 nitrogen and oxygen atoms in total. The van der Waals surface area contributed by atoms with Crippen LogP contribution in [0.3, 0.4) is 0 Å². The van der Waals surface area contributed by atoms with E-state index >= 15 is 0 Å². The lowest BCUT2D eigenvalue weighted by Gasteiger charge is -2.43. The van der Waals surface area contributed by atoms with Gasteiger partial charge in [0.1, 0.15) is 6.61 Å². The molecule has 186 valence electrons. The molecule has 2 unspecified atom stereocenters. The van der Waals surface area contributed by atoms with Crippen molar-refractivity contribution in [2.75, 3.05) is 26.2 Å². The number of carboxylic acid groups (broad SMARTS) is 1. The number of rotatable bonds is 9. The molecule has 0 saturated carbocycles. The number of carbonyl (C=O) groups excluding carboxylic acids is 2. The number of nitrogens with one attached hydrogen (secondary N) is 1. The molecule has 35 heavy (non-hydrogen) atoms. The minimum Gasteiger partial charge on any atom is -0.481 e. The zero-order valence-electron chi connectivity index (χ0n) is 20.6. The van der Waals surface area contributed by atoms with Crippen LogP contribution in [0.4, 0.5) is 4.79 Å². The van der Waals surface area contributed by atoms with E-state index in [1.54, 1.807) is 11.8 Å². The third-order valence-corrected chi connectivity index (χ3v) is 7.26. The molecule has 1 aliphatic heterocycles. The number of ether oxygens (including phenoxy) is 1. The van der Waals surface area contributed by atoms with Crippen LogP contribution < -0.4 is 5.32 Å². The van der Waals surface area contributed by atoms with Crippen LogP contribution >= 0.6 is 0 Å². The predicted molar refractivity (Wildman–Crippen MR) is 133 cm³/mol. The van der Waals surface area contributed by atoms with Crippen LogP contribution in [0.2, 0.25) is 0 Å². The number of carbonyl (C=O) groups is 3. The monoisotopic (exact) mass is 478 g/mol. The summed E-state index contributed by atoms with van der Waals surface area (Å²) >= 11 is 0. The van der Waals surface area contributed by atoms with E-state index in [1.807, 2.05) is 38.1 Å². The number of hydrogen-bond donors (Lipinski definition) is 2. The van der Waals surface area contributed by atoms with E-state index in [-0.39, 0.29) is 42.7 Å². The highest BCUT2D eigenvalue weighted by atomic mass is 16.5. The Kier molecular flexibility index (Phi) is 7.43. The van der Waals surface area contributed by atoms with E-state index in [0.717, 1.165) is 11.1 Å². The molecule has 2 aromatic rings. The highest BCUT2D eigenvalue weighted by Gasteiger charge is 2.39. The van der Waals surface area contributed by atoms with Crippen molar-refractivity contribution in [3.8, 4) is 11.1 Å². The van der Waals surface area contributed by atoms with Crippen LogP contribution in [-0.4, -0.2) is 54.2 Å². The summed E-state index contributed by atoms with van der Waals surface area (Å²) in [6.07, 6.45) is 0.104. The Morgan fingerprint density at radius 2 is 1.57 bits per heavy atom. The Morgan fingerprint density at radius 1 is 1.00 bits per heavy atom. The predicted octanol–water partition coefficient (Wildman–Crippen LogP) is 4.37. The molecule has 2 N–H and O–H groups in total. The van der Waals surface area contributed by atoms with Gasteiger partial charge in [-0.05, 0) is 34.6 Å². The largest absolute Gasteiger partial charge is 0.481 e. The van der Waals surface area contributed by atoms with Crippen molar-refractivity contribution in [1.29, 1.82) is 0 Å². The van der Waals surface area contributed by atoms with Crippen molar-refractivity contribution in [1.82, 2.24) is 10.2 Å². The maximum absolute atomic E-state index is 13.0. The summed E-state index contributed by atoms with van der Waals surface area (Å²) < 4.78 is 5.61. The standard InChI is InChI=1S/C28H34N2O5/c1-17(2)12-19(26(31)30-14-20(15-30)18(3)27(32)33)13-29-28(34)35-16-25-23-10-6-4-8-21(23)22-9-5-7-11-24(22)25/h4-11,17-20,25H,12-16H2,1-3H3,(H,29,34)(H,32,33). The van der Waals surface area contributed by atoms with Gasteiger partial charge in [0, 0.05) is 31.5 Å². The highest BCUT2D eigenvalue weighted by Crippen LogP contribution is 2.44. The Morgan fingerprint density at radius 3 is 2.11 bits per heavy atom. The van der Waals surface area contributed by atoms with Gasteiger partial charge in [-0.25, -0.2) is 4.79 Å². The van der Waals surface area contributed by atoms with Crippen molar-refractivity contribution in [3.05, 3.63) is 59.7 Å². The molecule has 2 aliphatic rings. The van der Waals surface area contributed by atoms with Gasteiger partial charge in [0.25, 0.3) is 0 Å². The molecule has 1 heterocycles. The van der Waals surface area contributed by atoms with E-state index in [0.29, 0.717) is 19.5 Å². The van der Waals surface area contributed by atoms with Gasteiger partial charge in [0.2, 0.25) is 5.91 Å². The number of hydrogen-bond acceptors (Lipinski definition) is 4. The highest BCUT2D eigenvalue weighted by molar-refractivity contribution is 5.81. The number of fused-ring (bicyclic) bond motifs is 3. The van der Waals surface area contributed by atoms with Gasteiger partial charge in [-0.2, -0.15) is 0 Å². The Hall–Kier alpha value is -3.35. The van der Waals surface area contributed by atoms with Crippen LogP contribution in [0.5, 0.6) is 0 Å². The third kappa shape index (κ3) is 5.34. The van der Waals surface area contributed by atoms with E-state index in [1.165, 1.54) is 11.1 Å². The molecular weight excluding hydrogens is 444 g/mol. The van der Waals surface area contributed by atoms with E-state index in [4.69, 9.17) is 4.74 Å². The zero-order valence-corrected chi connectivity index (χ0v) is 20.6. The molecule has 4 rings (SSSR count). The number of alkyl carbamates (subject to hydrolysis) is 1. The number of amides is 2. The minimum atomic E-state index is -0.835. The lowest BCUT2D eigenvalue weighted by atomic mass is 9.85. The van der Waals surface area contributed by atoms with Crippen molar-refractivity contribution in [2.45, 2.75) is 33.1 Å². The van der Waals surface area contributed by atoms with Crippen molar-refractivity contribution >= 4 is 18.0 Å². The second-order valence-corrected chi connectivity index (χ2v) is 10.2. The first-order valence-corrected chi connectivity index (χ1v) is 12.4. The van der Waals surface area contributed by atoms with Gasteiger partial charge >= 0.3 is 12.1 Å². The summed E-state index contributed by atoms with van der Waals surface area (Å²) in [6.45, 7) is 7.08. The first kappa shape index (κ1) is 24.8. The number of nitrogens with zero attached hydrogens (tertiary/aromatic N) is 1. The SMILES string of the molecule is CC(C)CC(CNC(=O)OCC1c2ccccc2-c2ccccc21)C(=O)N1CC(C(C)C(=O)O)C1. The second-order valence-electron chi connectivity index (χ2n) is 10.2. The van der Waals surface area contributed by atoms with Gasteiger partial charge in [0.15, 0.2) is 0 Å². The topological polar surface area (TPSA) is 95.9 Å². The first-order chi connectivity index (χ1) is 16.8. The normalized spacial score (nSPS) is 16.7. The van der Waals surface area contributed by atoms with Gasteiger partial charge in [-0.3, -0.25) is 9.59 Å². The van der Waals surface area contributed by atoms with E-state index < -0.39 is 18.0 Å². The maximum Gasteiger partial charge on any atom is 0.407 e. The van der Waals surface area contributed by atoms with Crippen molar-refractivity contribution in [2.24, 2.45) is 23.7 Å². The average Bonchev–Trinajstić information content (AvgIpc) is 3.12. The molecule has 0 spiro atoms. The minimum absolute atomic E-state index is 0.0181. The molecule has 2 atom stereocenters. The van der Waals surface area contributed by atoms with Gasteiger partial charge in [0.05, 0.1) is 11.8 Å². The smallest absolute Gasteiger partial charge is 0.407 e. The fourth-order valence-electron chi connectivity index (χ4n) is 5.17. The van der Waals surface area contributed by atoms with Crippen LogP contribution in [-0.2, 0) is 14.3 Å². The maximum atomic E-state index is 13.0. The molecule has 0 bridgehead atoms. The molecule has 2 amide bonds. The van der Waals surface area contributed by atoms with Gasteiger partial charge < -0.3 is 20.1 Å². The molecule has 0 radical (unpaired) electrons. The number of benzene rings is 2. The molecule has 7 heteroatoms. The summed E-state index contributed by atoms with van der Waals surface area (Å²) in [5, 5.41) is 12.0. The third-order valence-electron chi connectivity index (χ3n) is 7.26. The lowest BCUT2D eigenvalue weighted by Crippen LogP contribution is -2.56. The summed E-state index contributed by atoms with van der Waals surface area (Å²) in [5.74, 6) is -1.47. The van der Waals surface area contributed by atoms with Crippen molar-refractivity contribution in [3.63, 3.8) is 0 Å². The van der Waals surface area contributed by atoms with Gasteiger partial charge in [-0.1, -0.05) is 69.3 Å². The van der Waals surface area contributed by atoms with Crippen LogP contribution in [0, 0.1) is 23.7 Å². The summed E-state index contributed by atoms with van der Waals surface area (Å²) in [7, 11) is 0. The average molecular weight is 479 g/mol. The zero-order chi connectivity index (χ0) is 25.1. The quantitative estimate of drug-likeness (QED) is 0.558. The number of likely N-dealkylation sites (tertiary alicyclic amines) is 1. The number of aliphatic carboxylic acids is 1. The summed E-state index contributed by atoms with van der Waals surface area (Å²) in [5.41, 5.74) is 4.64. The fraction of sp³-hybridized carbons (Fsp3) is 0.464. The van der Waals surface area contributed by atoms with Gasteiger partial charge in [-0.15, -0.1) is 0 Å². The summed E-state index contributed by atoms with van der Waals surface area (Å²) in [6, 6.07) is 16.4. The Balaban J connectivity index is 1.32. The first-order valence-electron chi connectivity index (χ1n) is 12.4. The molecule has 2 aromatic carbocycles. The second kappa shape index (κ2) is 10.5.